The molecule has 150 valence electrons. The third-order valence-corrected chi connectivity index (χ3v) is 4.00. The normalized spacial score (nSPS) is 12.7. The first kappa shape index (κ1) is 20.0. The molecule has 0 bridgehead atoms. The SMILES string of the molecule is O=C(/C=C/c1ccccc1)NCC(=O)OCc1cc([N+](=O)[O-])cc2c1OCOC2. The average Bonchev–Trinajstić information content (AvgIpc) is 2.75. The maximum atomic E-state index is 11.9. The van der Waals surface area contributed by atoms with Crippen LogP contribution < -0.4 is 10.1 Å². The zero-order valence-electron chi connectivity index (χ0n) is 15.3. The number of hydrogen-bond acceptors (Lipinski definition) is 7. The molecule has 9 nitrogen and oxygen atoms in total. The van der Waals surface area contributed by atoms with Crippen LogP contribution in [-0.4, -0.2) is 30.1 Å². The first-order valence-corrected chi connectivity index (χ1v) is 8.70. The second-order valence-electron chi connectivity index (χ2n) is 6.08. The molecule has 0 spiro atoms. The molecule has 0 saturated heterocycles. The lowest BCUT2D eigenvalue weighted by Crippen LogP contribution is -2.29. The summed E-state index contributed by atoms with van der Waals surface area (Å²) in [7, 11) is 0. The predicted molar refractivity (Wildman–Crippen MR) is 102 cm³/mol. The van der Waals surface area contributed by atoms with Gasteiger partial charge in [0.1, 0.15) is 18.9 Å². The molecule has 0 unspecified atom stereocenters. The van der Waals surface area contributed by atoms with Crippen LogP contribution >= 0.6 is 0 Å². The number of esters is 1. The van der Waals surface area contributed by atoms with Crippen molar-refractivity contribution in [1.29, 1.82) is 0 Å². The molecular weight excluding hydrogens is 380 g/mol. The Morgan fingerprint density at radius 2 is 2.03 bits per heavy atom. The van der Waals surface area contributed by atoms with Crippen LogP contribution in [0.25, 0.3) is 6.08 Å². The van der Waals surface area contributed by atoms with Gasteiger partial charge in [0.15, 0.2) is 6.79 Å². The summed E-state index contributed by atoms with van der Waals surface area (Å²) in [6.45, 7) is -0.380. The monoisotopic (exact) mass is 398 g/mol. The summed E-state index contributed by atoms with van der Waals surface area (Å²) in [5, 5.41) is 13.5. The summed E-state index contributed by atoms with van der Waals surface area (Å²) in [6, 6.07) is 11.9. The van der Waals surface area contributed by atoms with E-state index in [9.17, 15) is 19.7 Å². The summed E-state index contributed by atoms with van der Waals surface area (Å²) >= 11 is 0. The first-order valence-electron chi connectivity index (χ1n) is 8.70. The van der Waals surface area contributed by atoms with Crippen molar-refractivity contribution in [3.05, 3.63) is 75.3 Å². The van der Waals surface area contributed by atoms with Gasteiger partial charge in [-0.3, -0.25) is 19.7 Å². The minimum absolute atomic E-state index is 0.00949. The largest absolute Gasteiger partial charge is 0.467 e. The molecule has 0 aliphatic carbocycles. The molecule has 0 aromatic heterocycles. The molecule has 0 atom stereocenters. The Balaban J connectivity index is 1.54. The Hall–Kier alpha value is -3.72. The van der Waals surface area contributed by atoms with Crippen LogP contribution in [-0.2, 0) is 32.3 Å². The lowest BCUT2D eigenvalue weighted by atomic mass is 10.1. The predicted octanol–water partition coefficient (Wildman–Crippen LogP) is 2.33. The van der Waals surface area contributed by atoms with Crippen molar-refractivity contribution >= 4 is 23.6 Å². The third-order valence-electron chi connectivity index (χ3n) is 4.00. The number of nitrogens with zero attached hydrogens (tertiary/aromatic N) is 1. The Kier molecular flexibility index (Phi) is 6.54. The molecule has 0 saturated carbocycles. The molecule has 2 aromatic rings. The number of amides is 1. The van der Waals surface area contributed by atoms with Gasteiger partial charge in [0.2, 0.25) is 5.91 Å². The molecule has 3 rings (SSSR count). The van der Waals surface area contributed by atoms with Crippen LogP contribution in [0.1, 0.15) is 16.7 Å². The van der Waals surface area contributed by atoms with Gasteiger partial charge in [-0.1, -0.05) is 30.3 Å². The molecule has 9 heteroatoms. The molecule has 1 heterocycles. The lowest BCUT2D eigenvalue weighted by Gasteiger charge is -2.20. The zero-order chi connectivity index (χ0) is 20.6. The number of nitro groups is 1. The highest BCUT2D eigenvalue weighted by Crippen LogP contribution is 2.33. The number of fused-ring (bicyclic) bond motifs is 1. The number of benzene rings is 2. The number of nitrogens with one attached hydrogen (secondary N) is 1. The molecule has 29 heavy (non-hydrogen) atoms. The fraction of sp³-hybridized carbons (Fsp3) is 0.200. The van der Waals surface area contributed by atoms with E-state index in [4.69, 9.17) is 14.2 Å². The van der Waals surface area contributed by atoms with E-state index in [1.54, 1.807) is 6.08 Å². The maximum absolute atomic E-state index is 11.9. The Labute approximate surface area is 166 Å². The number of carbonyl (C=O) groups is 2. The number of hydrogen-bond donors (Lipinski definition) is 1. The number of rotatable bonds is 7. The molecule has 2 aromatic carbocycles. The summed E-state index contributed by atoms with van der Waals surface area (Å²) in [5.74, 6) is -0.720. The zero-order valence-corrected chi connectivity index (χ0v) is 15.3. The van der Waals surface area contributed by atoms with E-state index < -0.39 is 16.8 Å². The average molecular weight is 398 g/mol. The Bertz CT molecular complexity index is 941. The topological polar surface area (TPSA) is 117 Å². The summed E-state index contributed by atoms with van der Waals surface area (Å²) in [4.78, 5) is 34.3. The van der Waals surface area contributed by atoms with Gasteiger partial charge in [-0.2, -0.15) is 0 Å². The molecular formula is C20H18N2O7. The third kappa shape index (κ3) is 5.63. The molecule has 1 amide bonds. The van der Waals surface area contributed by atoms with Crippen molar-refractivity contribution in [2.24, 2.45) is 0 Å². The van der Waals surface area contributed by atoms with Gasteiger partial charge in [-0.15, -0.1) is 0 Å². The summed E-state index contributed by atoms with van der Waals surface area (Å²) in [6.07, 6.45) is 2.93. The van der Waals surface area contributed by atoms with Gasteiger partial charge in [0.25, 0.3) is 5.69 Å². The fourth-order valence-electron chi connectivity index (χ4n) is 2.66. The number of non-ortho nitro benzene ring substituents is 1. The van der Waals surface area contributed by atoms with Crippen LogP contribution in [0.15, 0.2) is 48.5 Å². The van der Waals surface area contributed by atoms with E-state index in [2.05, 4.69) is 5.32 Å². The quantitative estimate of drug-likeness (QED) is 0.329. The van der Waals surface area contributed by atoms with E-state index in [1.807, 2.05) is 30.3 Å². The van der Waals surface area contributed by atoms with Gasteiger partial charge in [0, 0.05) is 29.3 Å². The fourth-order valence-corrected chi connectivity index (χ4v) is 2.66. The van der Waals surface area contributed by atoms with Crippen LogP contribution in [0.3, 0.4) is 0 Å². The van der Waals surface area contributed by atoms with Crippen molar-refractivity contribution in [2.75, 3.05) is 13.3 Å². The number of carbonyl (C=O) groups excluding carboxylic acids is 2. The van der Waals surface area contributed by atoms with E-state index in [1.165, 1.54) is 18.2 Å². The van der Waals surface area contributed by atoms with Crippen LogP contribution in [0.4, 0.5) is 5.69 Å². The lowest BCUT2D eigenvalue weighted by molar-refractivity contribution is -0.385. The van der Waals surface area contributed by atoms with Crippen molar-refractivity contribution < 1.29 is 28.7 Å². The van der Waals surface area contributed by atoms with Crippen LogP contribution in [0, 0.1) is 10.1 Å². The van der Waals surface area contributed by atoms with Crippen LogP contribution in [0.2, 0.25) is 0 Å². The minimum Gasteiger partial charge on any atom is -0.467 e. The van der Waals surface area contributed by atoms with E-state index >= 15 is 0 Å². The molecule has 1 aliphatic heterocycles. The smallest absolute Gasteiger partial charge is 0.325 e. The van der Waals surface area contributed by atoms with Gasteiger partial charge < -0.3 is 19.5 Å². The van der Waals surface area contributed by atoms with E-state index in [0.29, 0.717) is 16.9 Å². The second-order valence-corrected chi connectivity index (χ2v) is 6.08. The van der Waals surface area contributed by atoms with E-state index in [-0.39, 0.29) is 32.2 Å². The van der Waals surface area contributed by atoms with Crippen molar-refractivity contribution in [3.8, 4) is 5.75 Å². The molecule has 1 N–H and O–H groups in total. The first-order chi connectivity index (χ1) is 14.0. The number of nitro benzene ring substituents is 1. The summed E-state index contributed by atoms with van der Waals surface area (Å²) in [5.41, 5.74) is 1.57. The highest BCUT2D eigenvalue weighted by atomic mass is 16.7. The van der Waals surface area contributed by atoms with Gasteiger partial charge in [-0.05, 0) is 11.6 Å². The van der Waals surface area contributed by atoms with Gasteiger partial charge in [-0.25, -0.2) is 0 Å². The number of ether oxygens (including phenoxy) is 3. The highest BCUT2D eigenvalue weighted by Gasteiger charge is 2.21. The van der Waals surface area contributed by atoms with Crippen molar-refractivity contribution in [1.82, 2.24) is 5.32 Å². The minimum atomic E-state index is -0.682. The Morgan fingerprint density at radius 3 is 2.79 bits per heavy atom. The Morgan fingerprint density at radius 1 is 1.24 bits per heavy atom. The summed E-state index contributed by atoms with van der Waals surface area (Å²) < 4.78 is 15.6. The second kappa shape index (κ2) is 9.47. The maximum Gasteiger partial charge on any atom is 0.325 e. The molecule has 0 fully saturated rings. The van der Waals surface area contributed by atoms with Crippen LogP contribution in [0.5, 0.6) is 5.75 Å². The standard InChI is InChI=1S/C20H18N2O7/c23-18(7-6-14-4-2-1-3-5-14)21-10-19(24)28-12-16-9-17(22(25)26)8-15-11-27-13-29-20(15)16/h1-9H,10-13H2,(H,21,23)/b7-6+. The van der Waals surface area contributed by atoms with Crippen molar-refractivity contribution in [2.45, 2.75) is 13.2 Å². The van der Waals surface area contributed by atoms with Gasteiger partial charge in [0.05, 0.1) is 11.5 Å². The van der Waals surface area contributed by atoms with Crippen molar-refractivity contribution in [3.63, 3.8) is 0 Å². The molecule has 1 aliphatic rings. The van der Waals surface area contributed by atoms with E-state index in [0.717, 1.165) is 5.56 Å². The van der Waals surface area contributed by atoms with Gasteiger partial charge >= 0.3 is 5.97 Å². The highest BCUT2D eigenvalue weighted by molar-refractivity contribution is 5.93. The molecule has 0 radical (unpaired) electrons.